The lowest BCUT2D eigenvalue weighted by Gasteiger charge is -2.21. The number of benzene rings is 1. The molecule has 0 spiro atoms. The summed E-state index contributed by atoms with van der Waals surface area (Å²) in [6.07, 6.45) is 0.732. The SMILES string of the molecule is N#Cc1c(Cl)cccc1S(=O)(=O)N1CCC[C@@H]1C(=O)O. The molecule has 20 heavy (non-hydrogen) atoms. The zero-order valence-corrected chi connectivity index (χ0v) is 11.9. The normalized spacial score (nSPS) is 19.7. The predicted molar refractivity (Wildman–Crippen MR) is 70.7 cm³/mol. The van der Waals surface area contributed by atoms with E-state index in [2.05, 4.69) is 0 Å². The van der Waals surface area contributed by atoms with Crippen LogP contribution < -0.4 is 0 Å². The molecule has 1 fully saturated rings. The Balaban J connectivity index is 2.54. The van der Waals surface area contributed by atoms with Gasteiger partial charge in [0.1, 0.15) is 17.0 Å². The zero-order chi connectivity index (χ0) is 14.9. The lowest BCUT2D eigenvalue weighted by molar-refractivity contribution is -0.140. The molecule has 0 saturated carbocycles. The molecule has 1 aromatic rings. The van der Waals surface area contributed by atoms with Gasteiger partial charge in [-0.2, -0.15) is 9.57 Å². The van der Waals surface area contributed by atoms with E-state index in [1.54, 1.807) is 6.07 Å². The average molecular weight is 315 g/mol. The quantitative estimate of drug-likeness (QED) is 0.910. The van der Waals surface area contributed by atoms with Gasteiger partial charge in [0.15, 0.2) is 0 Å². The van der Waals surface area contributed by atoms with Gasteiger partial charge in [-0.25, -0.2) is 8.42 Å². The van der Waals surface area contributed by atoms with Crippen LogP contribution in [0, 0.1) is 11.3 Å². The van der Waals surface area contributed by atoms with Crippen molar-refractivity contribution in [2.45, 2.75) is 23.8 Å². The Kier molecular flexibility index (Phi) is 3.99. The van der Waals surface area contributed by atoms with E-state index in [0.29, 0.717) is 6.42 Å². The first-order valence-electron chi connectivity index (χ1n) is 5.83. The van der Waals surface area contributed by atoms with Crippen LogP contribution >= 0.6 is 11.6 Å². The maximum absolute atomic E-state index is 12.5. The van der Waals surface area contributed by atoms with Crippen molar-refractivity contribution in [3.63, 3.8) is 0 Å². The molecular formula is C12H11ClN2O4S. The second-order valence-corrected chi connectivity index (χ2v) is 6.60. The highest BCUT2D eigenvalue weighted by Gasteiger charge is 2.40. The Morgan fingerprint density at radius 3 is 2.80 bits per heavy atom. The number of hydrogen-bond donors (Lipinski definition) is 1. The monoisotopic (exact) mass is 314 g/mol. The number of rotatable bonds is 3. The Morgan fingerprint density at radius 1 is 1.50 bits per heavy atom. The number of sulfonamides is 1. The molecule has 2 rings (SSSR count). The summed E-state index contributed by atoms with van der Waals surface area (Å²) < 4.78 is 26.0. The summed E-state index contributed by atoms with van der Waals surface area (Å²) in [5.74, 6) is -1.19. The third-order valence-electron chi connectivity index (χ3n) is 3.16. The number of carboxylic acid groups (broad SMARTS) is 1. The molecule has 0 amide bonds. The van der Waals surface area contributed by atoms with Crippen LogP contribution in [0.15, 0.2) is 23.1 Å². The summed E-state index contributed by atoms with van der Waals surface area (Å²) in [4.78, 5) is 10.9. The Bertz CT molecular complexity index is 696. The second-order valence-electron chi connectivity index (χ2n) is 4.34. The fourth-order valence-corrected chi connectivity index (χ4v) is 4.32. The summed E-state index contributed by atoms with van der Waals surface area (Å²) in [6.45, 7) is 0.122. The molecule has 106 valence electrons. The molecule has 1 N–H and O–H groups in total. The van der Waals surface area contributed by atoms with Gasteiger partial charge in [-0.15, -0.1) is 0 Å². The van der Waals surface area contributed by atoms with Gasteiger partial charge in [-0.05, 0) is 25.0 Å². The van der Waals surface area contributed by atoms with E-state index in [1.165, 1.54) is 18.2 Å². The number of halogens is 1. The number of nitriles is 1. The molecule has 0 radical (unpaired) electrons. The standard InChI is InChI=1S/C12H11ClN2O4S/c13-9-3-1-5-11(8(9)7-14)20(18,19)15-6-2-4-10(15)12(16)17/h1,3,5,10H,2,4,6H2,(H,16,17)/t10-/m1/s1. The predicted octanol–water partition coefficient (Wildman–Crippen LogP) is 1.45. The van der Waals surface area contributed by atoms with Gasteiger partial charge in [-0.3, -0.25) is 4.79 Å². The van der Waals surface area contributed by atoms with E-state index in [-0.39, 0.29) is 28.4 Å². The first kappa shape index (κ1) is 14.8. The Hall–Kier alpha value is -1.62. The van der Waals surface area contributed by atoms with E-state index < -0.39 is 22.0 Å². The van der Waals surface area contributed by atoms with Crippen LogP contribution in [-0.2, 0) is 14.8 Å². The Morgan fingerprint density at radius 2 is 2.20 bits per heavy atom. The third-order valence-corrected chi connectivity index (χ3v) is 5.43. The van der Waals surface area contributed by atoms with Crippen LogP contribution in [0.1, 0.15) is 18.4 Å². The molecule has 1 heterocycles. The number of nitrogens with zero attached hydrogens (tertiary/aromatic N) is 2. The van der Waals surface area contributed by atoms with Crippen molar-refractivity contribution in [2.24, 2.45) is 0 Å². The fourth-order valence-electron chi connectivity index (χ4n) is 2.23. The number of aliphatic carboxylic acids is 1. The minimum absolute atomic E-state index is 0.0275. The number of carbonyl (C=O) groups is 1. The summed E-state index contributed by atoms with van der Waals surface area (Å²) in [5.41, 5.74) is -0.162. The molecule has 1 aliphatic heterocycles. The van der Waals surface area contributed by atoms with E-state index in [9.17, 15) is 13.2 Å². The minimum atomic E-state index is -4.05. The fraction of sp³-hybridized carbons (Fsp3) is 0.333. The van der Waals surface area contributed by atoms with Gasteiger partial charge in [0.05, 0.1) is 10.6 Å². The van der Waals surface area contributed by atoms with E-state index >= 15 is 0 Å². The minimum Gasteiger partial charge on any atom is -0.480 e. The molecule has 1 aromatic carbocycles. The van der Waals surface area contributed by atoms with Crippen molar-refractivity contribution < 1.29 is 18.3 Å². The molecule has 0 aromatic heterocycles. The lowest BCUT2D eigenvalue weighted by Crippen LogP contribution is -2.40. The van der Waals surface area contributed by atoms with Gasteiger partial charge < -0.3 is 5.11 Å². The van der Waals surface area contributed by atoms with Gasteiger partial charge in [0.25, 0.3) is 0 Å². The first-order valence-corrected chi connectivity index (χ1v) is 7.64. The molecule has 8 heteroatoms. The molecule has 6 nitrogen and oxygen atoms in total. The zero-order valence-electron chi connectivity index (χ0n) is 10.3. The van der Waals surface area contributed by atoms with Crippen molar-refractivity contribution in [3.05, 3.63) is 28.8 Å². The summed E-state index contributed by atoms with van der Waals surface area (Å²) in [5, 5.41) is 18.2. The molecule has 0 unspecified atom stereocenters. The molecule has 1 atom stereocenters. The number of carboxylic acids is 1. The lowest BCUT2D eigenvalue weighted by atomic mass is 10.2. The van der Waals surface area contributed by atoms with Crippen LogP contribution in [0.4, 0.5) is 0 Å². The third kappa shape index (κ3) is 2.38. The van der Waals surface area contributed by atoms with Crippen LogP contribution in [0.3, 0.4) is 0 Å². The van der Waals surface area contributed by atoms with Gasteiger partial charge in [0.2, 0.25) is 10.0 Å². The molecular weight excluding hydrogens is 304 g/mol. The largest absolute Gasteiger partial charge is 0.480 e. The Labute approximate surface area is 121 Å². The van der Waals surface area contributed by atoms with E-state index in [0.717, 1.165) is 4.31 Å². The van der Waals surface area contributed by atoms with Gasteiger partial charge in [0, 0.05) is 6.54 Å². The molecule has 0 bridgehead atoms. The smallest absolute Gasteiger partial charge is 0.322 e. The van der Waals surface area contributed by atoms with E-state index in [4.69, 9.17) is 22.0 Å². The van der Waals surface area contributed by atoms with Crippen molar-refractivity contribution in [2.75, 3.05) is 6.54 Å². The van der Waals surface area contributed by atoms with Crippen LogP contribution in [-0.4, -0.2) is 36.4 Å². The summed E-state index contributed by atoms with van der Waals surface area (Å²) in [7, 11) is -4.05. The summed E-state index contributed by atoms with van der Waals surface area (Å²) in [6, 6.07) is 4.75. The van der Waals surface area contributed by atoms with Crippen LogP contribution in [0.25, 0.3) is 0 Å². The van der Waals surface area contributed by atoms with E-state index in [1.807, 2.05) is 0 Å². The second kappa shape index (κ2) is 5.40. The highest BCUT2D eigenvalue weighted by molar-refractivity contribution is 7.89. The molecule has 0 aliphatic carbocycles. The van der Waals surface area contributed by atoms with Gasteiger partial charge in [-0.1, -0.05) is 17.7 Å². The topological polar surface area (TPSA) is 98.5 Å². The van der Waals surface area contributed by atoms with Crippen molar-refractivity contribution in [1.82, 2.24) is 4.31 Å². The molecule has 1 aliphatic rings. The van der Waals surface area contributed by atoms with Crippen molar-refractivity contribution in [3.8, 4) is 6.07 Å². The number of hydrogen-bond acceptors (Lipinski definition) is 4. The van der Waals surface area contributed by atoms with Crippen LogP contribution in [0.2, 0.25) is 5.02 Å². The average Bonchev–Trinajstić information content (AvgIpc) is 2.88. The van der Waals surface area contributed by atoms with Crippen LogP contribution in [0.5, 0.6) is 0 Å². The first-order chi connectivity index (χ1) is 9.39. The van der Waals surface area contributed by atoms with Crippen molar-refractivity contribution >= 4 is 27.6 Å². The maximum Gasteiger partial charge on any atom is 0.322 e. The maximum atomic E-state index is 12.5. The van der Waals surface area contributed by atoms with Gasteiger partial charge >= 0.3 is 5.97 Å². The highest BCUT2D eigenvalue weighted by Crippen LogP contribution is 2.30. The highest BCUT2D eigenvalue weighted by atomic mass is 35.5. The van der Waals surface area contributed by atoms with Crippen molar-refractivity contribution in [1.29, 1.82) is 5.26 Å². The molecule has 1 saturated heterocycles. The summed E-state index contributed by atoms with van der Waals surface area (Å²) >= 11 is 5.82.